The molecule has 3 N–H and O–H groups in total. The maximum absolute atomic E-state index is 12.5. The predicted molar refractivity (Wildman–Crippen MR) is 113 cm³/mol. The minimum Gasteiger partial charge on any atom is -0.379 e. The van der Waals surface area contributed by atoms with Crippen molar-refractivity contribution in [1.29, 1.82) is 0 Å². The second kappa shape index (κ2) is 8.85. The highest BCUT2D eigenvalue weighted by atomic mass is 32.2. The van der Waals surface area contributed by atoms with Crippen LogP contribution in [0, 0.1) is 10.1 Å². The van der Waals surface area contributed by atoms with E-state index in [4.69, 9.17) is 5.14 Å². The second-order valence-corrected chi connectivity index (χ2v) is 8.11. The van der Waals surface area contributed by atoms with Crippen molar-refractivity contribution >= 4 is 27.2 Å². The van der Waals surface area contributed by atoms with Gasteiger partial charge in [0.05, 0.1) is 9.82 Å². The molecule has 0 aromatic heterocycles. The molecule has 0 bridgehead atoms. The smallest absolute Gasteiger partial charge is 0.293 e. The van der Waals surface area contributed by atoms with E-state index in [-0.39, 0.29) is 21.9 Å². The van der Waals surface area contributed by atoms with Crippen molar-refractivity contribution < 1.29 is 18.1 Å². The van der Waals surface area contributed by atoms with E-state index in [1.165, 1.54) is 24.3 Å². The molecule has 0 atom stereocenters. The van der Waals surface area contributed by atoms with Crippen LogP contribution >= 0.6 is 0 Å². The Balaban J connectivity index is 1.71. The summed E-state index contributed by atoms with van der Waals surface area (Å²) in [6, 6.07) is 19.0. The number of nitrogens with zero attached hydrogens (tertiary/aromatic N) is 1. The van der Waals surface area contributed by atoms with E-state index in [0.29, 0.717) is 24.2 Å². The molecule has 3 aromatic carbocycles. The van der Waals surface area contributed by atoms with Gasteiger partial charge in [0.1, 0.15) is 5.69 Å². The zero-order chi connectivity index (χ0) is 21.7. The summed E-state index contributed by atoms with van der Waals surface area (Å²) in [4.78, 5) is 23.5. The van der Waals surface area contributed by atoms with Gasteiger partial charge in [0, 0.05) is 23.7 Å². The van der Waals surface area contributed by atoms with Crippen molar-refractivity contribution in [3.05, 3.63) is 99.6 Å². The van der Waals surface area contributed by atoms with E-state index < -0.39 is 14.9 Å². The number of nitro groups is 1. The molecule has 154 valence electrons. The maximum atomic E-state index is 12.5. The van der Waals surface area contributed by atoms with Crippen molar-refractivity contribution in [3.63, 3.8) is 0 Å². The fraction of sp³-hybridized carbons (Fsp3) is 0.0952. The third kappa shape index (κ3) is 5.07. The molecule has 9 heteroatoms. The largest absolute Gasteiger partial charge is 0.379 e. The van der Waals surface area contributed by atoms with Gasteiger partial charge in [-0.3, -0.25) is 14.9 Å². The molecule has 0 aliphatic carbocycles. The summed E-state index contributed by atoms with van der Waals surface area (Å²) in [6.07, 6.45) is 0.507. The van der Waals surface area contributed by atoms with Gasteiger partial charge in [-0.25, -0.2) is 13.6 Å². The van der Waals surface area contributed by atoms with Crippen LogP contribution in [0.5, 0.6) is 0 Å². The van der Waals surface area contributed by atoms with Crippen molar-refractivity contribution in [1.82, 2.24) is 0 Å². The van der Waals surface area contributed by atoms with Gasteiger partial charge in [-0.1, -0.05) is 42.5 Å². The highest BCUT2D eigenvalue weighted by Gasteiger charge is 2.18. The molecule has 8 nitrogen and oxygen atoms in total. The van der Waals surface area contributed by atoms with E-state index >= 15 is 0 Å². The summed E-state index contributed by atoms with van der Waals surface area (Å²) >= 11 is 0. The number of carbonyl (C=O) groups is 1. The van der Waals surface area contributed by atoms with Gasteiger partial charge in [0.2, 0.25) is 10.0 Å². The summed E-state index contributed by atoms with van der Waals surface area (Å²) in [7, 11) is -3.75. The number of carbonyl (C=O) groups excluding carboxylic acids is 1. The van der Waals surface area contributed by atoms with Gasteiger partial charge in [-0.05, 0) is 36.2 Å². The molecule has 0 heterocycles. The second-order valence-electron chi connectivity index (χ2n) is 6.55. The van der Waals surface area contributed by atoms with Crippen LogP contribution in [0.1, 0.15) is 21.5 Å². The van der Waals surface area contributed by atoms with Crippen molar-refractivity contribution in [3.8, 4) is 0 Å². The number of sulfonamides is 1. The normalized spacial score (nSPS) is 11.1. The van der Waals surface area contributed by atoms with E-state index in [9.17, 15) is 23.3 Å². The number of hydrogen-bond acceptors (Lipinski definition) is 6. The lowest BCUT2D eigenvalue weighted by molar-refractivity contribution is -0.384. The van der Waals surface area contributed by atoms with Crippen molar-refractivity contribution in [2.24, 2.45) is 5.14 Å². The molecule has 30 heavy (non-hydrogen) atoms. The standard InChI is InChI=1S/C21H19N3O5S/c22-30(28,29)18-9-6-15(7-10-18)12-13-23-19-11-8-17(14-20(19)24(26)27)21(25)16-4-2-1-3-5-16/h1-11,14,23H,12-13H2,(H2,22,28,29). The van der Waals surface area contributed by atoms with Crippen LogP contribution < -0.4 is 10.5 Å². The zero-order valence-corrected chi connectivity index (χ0v) is 16.6. The molecule has 3 aromatic rings. The number of nitrogens with one attached hydrogen (secondary N) is 1. The van der Waals surface area contributed by atoms with Gasteiger partial charge in [0.15, 0.2) is 5.78 Å². The number of benzene rings is 3. The number of hydrogen-bond donors (Lipinski definition) is 2. The zero-order valence-electron chi connectivity index (χ0n) is 15.8. The van der Waals surface area contributed by atoms with E-state index in [1.807, 2.05) is 0 Å². The van der Waals surface area contributed by atoms with E-state index in [0.717, 1.165) is 5.56 Å². The molecular formula is C21H19N3O5S. The topological polar surface area (TPSA) is 132 Å². The number of nitro benzene ring substituents is 1. The van der Waals surface area contributed by atoms with Gasteiger partial charge < -0.3 is 5.32 Å². The van der Waals surface area contributed by atoms with Crippen molar-refractivity contribution in [2.75, 3.05) is 11.9 Å². The number of ketones is 1. The Morgan fingerprint density at radius 1 is 0.967 bits per heavy atom. The molecule has 0 aliphatic heterocycles. The lowest BCUT2D eigenvalue weighted by Crippen LogP contribution is -2.12. The van der Waals surface area contributed by atoms with Gasteiger partial charge in [-0.2, -0.15) is 0 Å². The number of rotatable bonds is 8. The summed E-state index contributed by atoms with van der Waals surface area (Å²) in [5.41, 5.74) is 1.63. The van der Waals surface area contributed by atoms with Crippen LogP contribution in [0.4, 0.5) is 11.4 Å². The minimum absolute atomic E-state index is 0.0218. The van der Waals surface area contributed by atoms with Crippen LogP contribution in [0.25, 0.3) is 0 Å². The first-order valence-electron chi connectivity index (χ1n) is 8.99. The Labute approximate surface area is 173 Å². The quantitative estimate of drug-likeness (QED) is 0.324. The molecular weight excluding hydrogens is 406 g/mol. The minimum atomic E-state index is -3.75. The monoisotopic (exact) mass is 425 g/mol. The predicted octanol–water partition coefficient (Wildman–Crippen LogP) is 3.13. The average molecular weight is 425 g/mol. The van der Waals surface area contributed by atoms with Crippen LogP contribution in [-0.4, -0.2) is 25.7 Å². The Kier molecular flexibility index (Phi) is 6.24. The number of nitrogens with two attached hydrogens (primary N) is 1. The first kappa shape index (κ1) is 21.2. The first-order valence-corrected chi connectivity index (χ1v) is 10.5. The third-order valence-corrected chi connectivity index (χ3v) is 5.40. The average Bonchev–Trinajstić information content (AvgIpc) is 2.73. The Morgan fingerprint density at radius 2 is 1.63 bits per heavy atom. The fourth-order valence-electron chi connectivity index (χ4n) is 2.92. The SMILES string of the molecule is NS(=O)(=O)c1ccc(CCNc2ccc(C(=O)c3ccccc3)cc2[N+](=O)[O-])cc1. The van der Waals surface area contributed by atoms with Crippen LogP contribution in [0.3, 0.4) is 0 Å². The van der Waals surface area contributed by atoms with E-state index in [1.54, 1.807) is 48.5 Å². The number of anilines is 1. The Hall–Kier alpha value is -3.56. The summed E-state index contributed by atoms with van der Waals surface area (Å²) in [5, 5.41) is 19.6. The maximum Gasteiger partial charge on any atom is 0.293 e. The van der Waals surface area contributed by atoms with Gasteiger partial charge in [-0.15, -0.1) is 0 Å². The molecule has 0 saturated carbocycles. The van der Waals surface area contributed by atoms with Gasteiger partial charge >= 0.3 is 0 Å². The molecule has 0 spiro atoms. The molecule has 0 unspecified atom stereocenters. The third-order valence-electron chi connectivity index (χ3n) is 4.47. The van der Waals surface area contributed by atoms with Crippen LogP contribution in [0.2, 0.25) is 0 Å². The summed E-state index contributed by atoms with van der Waals surface area (Å²) in [5.74, 6) is -0.291. The molecule has 3 rings (SSSR count). The van der Waals surface area contributed by atoms with Crippen molar-refractivity contribution in [2.45, 2.75) is 11.3 Å². The molecule has 0 fully saturated rings. The van der Waals surface area contributed by atoms with Gasteiger partial charge in [0.25, 0.3) is 5.69 Å². The Morgan fingerprint density at radius 3 is 2.23 bits per heavy atom. The van der Waals surface area contributed by atoms with Crippen LogP contribution in [0.15, 0.2) is 77.7 Å². The Bertz CT molecular complexity index is 1180. The summed E-state index contributed by atoms with van der Waals surface area (Å²) in [6.45, 7) is 0.377. The lowest BCUT2D eigenvalue weighted by Gasteiger charge is -2.09. The van der Waals surface area contributed by atoms with E-state index in [2.05, 4.69) is 5.32 Å². The summed E-state index contributed by atoms with van der Waals surface area (Å²) < 4.78 is 22.6. The van der Waals surface area contributed by atoms with Crippen LogP contribution in [-0.2, 0) is 16.4 Å². The molecule has 0 radical (unpaired) electrons. The highest BCUT2D eigenvalue weighted by Crippen LogP contribution is 2.27. The molecule has 0 amide bonds. The fourth-order valence-corrected chi connectivity index (χ4v) is 3.43. The molecule has 0 aliphatic rings. The lowest BCUT2D eigenvalue weighted by atomic mass is 10.0. The highest BCUT2D eigenvalue weighted by molar-refractivity contribution is 7.89. The molecule has 0 saturated heterocycles. The first-order chi connectivity index (χ1) is 14.3. The number of primary sulfonamides is 1.